The van der Waals surface area contributed by atoms with Crippen molar-refractivity contribution in [2.24, 2.45) is 7.05 Å². The largest absolute Gasteiger partial charge is 0.383 e. The molecular weight excluding hydrogens is 222 g/mol. The van der Waals surface area contributed by atoms with E-state index in [4.69, 9.17) is 17.3 Å². The number of halogens is 1. The quantitative estimate of drug-likeness (QED) is 0.870. The minimum Gasteiger partial charge on any atom is -0.383 e. The first kappa shape index (κ1) is 11.0. The molecule has 1 aromatic heterocycles. The lowest BCUT2D eigenvalue weighted by atomic mass is 10.0. The third-order valence-corrected chi connectivity index (χ3v) is 2.85. The molecule has 2 N–H and O–H groups in total. The summed E-state index contributed by atoms with van der Waals surface area (Å²) in [7, 11) is 1.85. The molecule has 0 aliphatic rings. The molecule has 0 saturated carbocycles. The Morgan fingerprint density at radius 3 is 2.81 bits per heavy atom. The second kappa shape index (κ2) is 4.18. The molecule has 2 aromatic rings. The number of nitrogens with two attached hydrogens (primary N) is 1. The molecule has 4 heteroatoms. The van der Waals surface area contributed by atoms with E-state index in [1.807, 2.05) is 31.3 Å². The molecule has 0 saturated heterocycles. The van der Waals surface area contributed by atoms with Crippen LogP contribution >= 0.6 is 11.6 Å². The van der Waals surface area contributed by atoms with Gasteiger partial charge in [-0.3, -0.25) is 4.68 Å². The zero-order chi connectivity index (χ0) is 11.7. The van der Waals surface area contributed by atoms with E-state index in [9.17, 15) is 0 Å². The molecule has 0 bridgehead atoms. The van der Waals surface area contributed by atoms with Crippen molar-refractivity contribution in [3.05, 3.63) is 35.0 Å². The summed E-state index contributed by atoms with van der Waals surface area (Å²) in [5, 5.41) is 5.09. The first-order chi connectivity index (χ1) is 7.63. The minimum absolute atomic E-state index is 0.680. The molecule has 1 heterocycles. The third-order valence-electron chi connectivity index (χ3n) is 2.61. The van der Waals surface area contributed by atoms with Crippen LogP contribution in [0.25, 0.3) is 11.1 Å². The van der Waals surface area contributed by atoms with Crippen molar-refractivity contribution in [3.63, 3.8) is 0 Å². The van der Waals surface area contributed by atoms with Gasteiger partial charge in [0, 0.05) is 17.6 Å². The topological polar surface area (TPSA) is 43.8 Å². The number of aromatic nitrogens is 2. The molecule has 0 unspecified atom stereocenters. The van der Waals surface area contributed by atoms with Crippen LogP contribution < -0.4 is 5.73 Å². The summed E-state index contributed by atoms with van der Waals surface area (Å²) >= 11 is 5.98. The van der Waals surface area contributed by atoms with Gasteiger partial charge in [-0.05, 0) is 24.1 Å². The summed E-state index contributed by atoms with van der Waals surface area (Å²) in [5.41, 5.74) is 9.04. The highest BCUT2D eigenvalue weighted by molar-refractivity contribution is 6.30. The van der Waals surface area contributed by atoms with E-state index in [-0.39, 0.29) is 0 Å². The third kappa shape index (κ3) is 1.78. The van der Waals surface area contributed by atoms with Crippen LogP contribution in [0.4, 0.5) is 5.82 Å². The summed E-state index contributed by atoms with van der Waals surface area (Å²) in [5.74, 6) is 0.680. The Hall–Kier alpha value is -1.48. The van der Waals surface area contributed by atoms with Gasteiger partial charge in [0.25, 0.3) is 0 Å². The number of nitrogen functional groups attached to an aromatic ring is 1. The van der Waals surface area contributed by atoms with Gasteiger partial charge in [-0.2, -0.15) is 5.10 Å². The summed E-state index contributed by atoms with van der Waals surface area (Å²) in [4.78, 5) is 0. The molecule has 0 radical (unpaired) electrons. The van der Waals surface area contributed by atoms with Crippen molar-refractivity contribution >= 4 is 17.4 Å². The lowest BCUT2D eigenvalue weighted by Gasteiger charge is -2.03. The predicted molar refractivity (Wildman–Crippen MR) is 67.4 cm³/mol. The van der Waals surface area contributed by atoms with Crippen LogP contribution in [0, 0.1) is 0 Å². The Labute approximate surface area is 99.8 Å². The molecule has 0 fully saturated rings. The molecule has 16 heavy (non-hydrogen) atoms. The van der Waals surface area contributed by atoms with Crippen LogP contribution in [0.2, 0.25) is 5.02 Å². The normalized spacial score (nSPS) is 10.7. The number of nitrogens with zero attached hydrogens (tertiary/aromatic N) is 2. The number of benzene rings is 1. The van der Waals surface area contributed by atoms with Crippen LogP contribution in [0.3, 0.4) is 0 Å². The van der Waals surface area contributed by atoms with E-state index in [1.54, 1.807) is 4.68 Å². The Morgan fingerprint density at radius 2 is 2.19 bits per heavy atom. The van der Waals surface area contributed by atoms with Gasteiger partial charge < -0.3 is 5.73 Å². The van der Waals surface area contributed by atoms with E-state index < -0.39 is 0 Å². The SMILES string of the molecule is CCc1nn(C)c(N)c1-c1cccc(Cl)c1. The molecule has 0 spiro atoms. The number of hydrogen-bond donors (Lipinski definition) is 1. The Bertz CT molecular complexity index is 517. The van der Waals surface area contributed by atoms with Gasteiger partial charge >= 0.3 is 0 Å². The van der Waals surface area contributed by atoms with Crippen LogP contribution in [-0.2, 0) is 13.5 Å². The fraction of sp³-hybridized carbons (Fsp3) is 0.250. The molecule has 0 aliphatic heterocycles. The van der Waals surface area contributed by atoms with Gasteiger partial charge in [0.2, 0.25) is 0 Å². The fourth-order valence-electron chi connectivity index (χ4n) is 1.80. The molecular formula is C12H14ClN3. The maximum absolute atomic E-state index is 6.02. The summed E-state index contributed by atoms with van der Waals surface area (Å²) in [6.07, 6.45) is 0.854. The van der Waals surface area contributed by atoms with Crippen molar-refractivity contribution in [2.75, 3.05) is 5.73 Å². The van der Waals surface area contributed by atoms with Crippen molar-refractivity contribution in [3.8, 4) is 11.1 Å². The lowest BCUT2D eigenvalue weighted by Crippen LogP contribution is -1.97. The summed E-state index contributed by atoms with van der Waals surface area (Å²) in [6, 6.07) is 7.68. The number of hydrogen-bond acceptors (Lipinski definition) is 2. The van der Waals surface area contributed by atoms with Gasteiger partial charge in [-0.15, -0.1) is 0 Å². The van der Waals surface area contributed by atoms with Crippen molar-refractivity contribution in [1.82, 2.24) is 9.78 Å². The van der Waals surface area contributed by atoms with E-state index in [0.717, 1.165) is 23.2 Å². The first-order valence-corrected chi connectivity index (χ1v) is 5.58. The Kier molecular flexibility index (Phi) is 2.88. The molecule has 84 valence electrons. The monoisotopic (exact) mass is 235 g/mol. The van der Waals surface area contributed by atoms with Gasteiger partial charge in [0.1, 0.15) is 5.82 Å². The number of aryl methyl sites for hydroxylation is 2. The Balaban J connectivity index is 2.63. The van der Waals surface area contributed by atoms with Crippen molar-refractivity contribution in [2.45, 2.75) is 13.3 Å². The zero-order valence-electron chi connectivity index (χ0n) is 9.37. The Morgan fingerprint density at radius 1 is 1.44 bits per heavy atom. The molecule has 2 rings (SSSR count). The maximum Gasteiger partial charge on any atom is 0.129 e. The predicted octanol–water partition coefficient (Wildman–Crippen LogP) is 2.89. The zero-order valence-corrected chi connectivity index (χ0v) is 10.1. The average molecular weight is 236 g/mol. The van der Waals surface area contributed by atoms with Crippen molar-refractivity contribution in [1.29, 1.82) is 0 Å². The summed E-state index contributed by atoms with van der Waals surface area (Å²) < 4.78 is 1.70. The lowest BCUT2D eigenvalue weighted by molar-refractivity contribution is 0.755. The van der Waals surface area contributed by atoms with E-state index in [2.05, 4.69) is 12.0 Å². The number of anilines is 1. The minimum atomic E-state index is 0.680. The first-order valence-electron chi connectivity index (χ1n) is 5.20. The molecule has 3 nitrogen and oxygen atoms in total. The smallest absolute Gasteiger partial charge is 0.129 e. The van der Waals surface area contributed by atoms with Gasteiger partial charge in [0.05, 0.1) is 5.69 Å². The highest BCUT2D eigenvalue weighted by Crippen LogP contribution is 2.31. The fourth-order valence-corrected chi connectivity index (χ4v) is 1.99. The van der Waals surface area contributed by atoms with E-state index >= 15 is 0 Å². The van der Waals surface area contributed by atoms with E-state index in [0.29, 0.717) is 10.8 Å². The highest BCUT2D eigenvalue weighted by atomic mass is 35.5. The second-order valence-electron chi connectivity index (χ2n) is 3.69. The second-order valence-corrected chi connectivity index (χ2v) is 4.13. The molecule has 0 amide bonds. The maximum atomic E-state index is 6.02. The van der Waals surface area contributed by atoms with Crippen LogP contribution in [0.15, 0.2) is 24.3 Å². The van der Waals surface area contributed by atoms with E-state index in [1.165, 1.54) is 0 Å². The van der Waals surface area contributed by atoms with Crippen LogP contribution in [-0.4, -0.2) is 9.78 Å². The summed E-state index contributed by atoms with van der Waals surface area (Å²) in [6.45, 7) is 2.07. The van der Waals surface area contributed by atoms with Gasteiger partial charge in [-0.25, -0.2) is 0 Å². The van der Waals surface area contributed by atoms with Crippen molar-refractivity contribution < 1.29 is 0 Å². The average Bonchev–Trinajstić information content (AvgIpc) is 2.55. The molecule has 1 aromatic carbocycles. The highest BCUT2D eigenvalue weighted by Gasteiger charge is 2.14. The standard InChI is InChI=1S/C12H14ClN3/c1-3-10-11(12(14)16(2)15-10)8-5-4-6-9(13)7-8/h4-7H,3,14H2,1-2H3. The van der Waals surface area contributed by atoms with Crippen LogP contribution in [0.5, 0.6) is 0 Å². The van der Waals surface area contributed by atoms with Gasteiger partial charge in [-0.1, -0.05) is 30.7 Å². The van der Waals surface area contributed by atoms with Crippen LogP contribution in [0.1, 0.15) is 12.6 Å². The number of rotatable bonds is 2. The molecule has 0 aliphatic carbocycles. The molecule has 0 atom stereocenters. The van der Waals surface area contributed by atoms with Gasteiger partial charge in [0.15, 0.2) is 0 Å².